The van der Waals surface area contributed by atoms with E-state index in [1.54, 1.807) is 6.92 Å². The predicted molar refractivity (Wildman–Crippen MR) is 109 cm³/mol. The van der Waals surface area contributed by atoms with Gasteiger partial charge in [0, 0.05) is 19.2 Å². The molecule has 1 N–H and O–H groups in total. The normalized spacial score (nSPS) is 11.6. The van der Waals surface area contributed by atoms with Crippen LogP contribution in [0.2, 0.25) is 0 Å². The van der Waals surface area contributed by atoms with E-state index in [9.17, 15) is 14.9 Å². The molecule has 1 amide bonds. The van der Waals surface area contributed by atoms with Gasteiger partial charge in [-0.1, -0.05) is 30.3 Å². The Morgan fingerprint density at radius 1 is 1.21 bits per heavy atom. The highest BCUT2D eigenvalue weighted by Gasteiger charge is 2.24. The largest absolute Gasteiger partial charge is 0.493 e. The molecule has 0 aliphatic carbocycles. The Balaban J connectivity index is 1.94. The van der Waals surface area contributed by atoms with Crippen LogP contribution in [0.15, 0.2) is 42.5 Å². The number of rotatable bonds is 11. The third-order valence-electron chi connectivity index (χ3n) is 4.27. The molecule has 156 valence electrons. The number of carbonyl (C=O) groups is 1. The average Bonchev–Trinajstić information content (AvgIpc) is 2.73. The van der Waals surface area contributed by atoms with Crippen molar-refractivity contribution in [3.05, 3.63) is 63.7 Å². The second-order valence-corrected chi connectivity index (χ2v) is 6.24. The molecule has 0 saturated heterocycles. The number of hydrogen-bond acceptors (Lipinski definition) is 6. The summed E-state index contributed by atoms with van der Waals surface area (Å²) < 4.78 is 16.3. The Labute approximate surface area is 169 Å². The molecule has 0 spiro atoms. The van der Waals surface area contributed by atoms with Gasteiger partial charge in [0.25, 0.3) is 11.6 Å². The SMILES string of the molecule is CCOc1cc(C(=O)NCCCOC(C)c2ccccc2)c([N+](=O)[O-])cc1OC. The van der Waals surface area contributed by atoms with E-state index in [4.69, 9.17) is 14.2 Å². The second kappa shape index (κ2) is 11.0. The van der Waals surface area contributed by atoms with Crippen LogP contribution in [0.5, 0.6) is 11.5 Å². The van der Waals surface area contributed by atoms with Crippen LogP contribution < -0.4 is 14.8 Å². The van der Waals surface area contributed by atoms with E-state index in [1.165, 1.54) is 19.2 Å². The summed E-state index contributed by atoms with van der Waals surface area (Å²) in [5, 5.41) is 14.1. The predicted octanol–water partition coefficient (Wildman–Crippen LogP) is 3.90. The zero-order valence-corrected chi connectivity index (χ0v) is 16.8. The molecular weight excluding hydrogens is 376 g/mol. The molecule has 29 heavy (non-hydrogen) atoms. The summed E-state index contributed by atoms with van der Waals surface area (Å²) in [4.78, 5) is 23.2. The van der Waals surface area contributed by atoms with Crippen molar-refractivity contribution in [1.29, 1.82) is 0 Å². The lowest BCUT2D eigenvalue weighted by Crippen LogP contribution is -2.26. The summed E-state index contributed by atoms with van der Waals surface area (Å²) in [5.41, 5.74) is 0.670. The monoisotopic (exact) mass is 402 g/mol. The molecule has 0 heterocycles. The number of nitro groups is 1. The number of nitro benzene ring substituents is 1. The van der Waals surface area contributed by atoms with Crippen molar-refractivity contribution in [3.8, 4) is 11.5 Å². The summed E-state index contributed by atoms with van der Waals surface area (Å²) >= 11 is 0. The third kappa shape index (κ3) is 6.18. The minimum Gasteiger partial charge on any atom is -0.493 e. The molecule has 1 atom stereocenters. The minimum atomic E-state index is -0.613. The lowest BCUT2D eigenvalue weighted by molar-refractivity contribution is -0.385. The maximum absolute atomic E-state index is 12.5. The average molecular weight is 402 g/mol. The second-order valence-electron chi connectivity index (χ2n) is 6.24. The summed E-state index contributed by atoms with van der Waals surface area (Å²) in [7, 11) is 1.39. The zero-order valence-electron chi connectivity index (χ0n) is 16.8. The molecule has 0 saturated carbocycles. The molecule has 0 aliphatic rings. The van der Waals surface area contributed by atoms with E-state index in [2.05, 4.69) is 5.32 Å². The first kappa shape index (κ1) is 22.2. The quantitative estimate of drug-likeness (QED) is 0.348. The van der Waals surface area contributed by atoms with Gasteiger partial charge < -0.3 is 19.5 Å². The van der Waals surface area contributed by atoms with Gasteiger partial charge in [-0.25, -0.2) is 0 Å². The Hall–Kier alpha value is -3.13. The molecular formula is C21H26N2O6. The number of benzene rings is 2. The fraction of sp³-hybridized carbons (Fsp3) is 0.381. The van der Waals surface area contributed by atoms with Crippen molar-refractivity contribution in [3.63, 3.8) is 0 Å². The molecule has 2 rings (SSSR count). The smallest absolute Gasteiger partial charge is 0.286 e. The fourth-order valence-corrected chi connectivity index (χ4v) is 2.76. The van der Waals surface area contributed by atoms with Gasteiger partial charge in [-0.3, -0.25) is 14.9 Å². The Morgan fingerprint density at radius 3 is 2.55 bits per heavy atom. The number of hydrogen-bond donors (Lipinski definition) is 1. The van der Waals surface area contributed by atoms with Crippen LogP contribution in [0, 0.1) is 10.1 Å². The maximum Gasteiger partial charge on any atom is 0.286 e. The van der Waals surface area contributed by atoms with Crippen LogP contribution >= 0.6 is 0 Å². The summed E-state index contributed by atoms with van der Waals surface area (Å²) in [6.45, 7) is 4.85. The van der Waals surface area contributed by atoms with E-state index in [-0.39, 0.29) is 28.9 Å². The number of methoxy groups -OCH3 is 1. The van der Waals surface area contributed by atoms with Crippen molar-refractivity contribution in [1.82, 2.24) is 5.32 Å². The van der Waals surface area contributed by atoms with Crippen LogP contribution in [0.25, 0.3) is 0 Å². The van der Waals surface area contributed by atoms with Crippen LogP contribution in [0.1, 0.15) is 42.3 Å². The fourth-order valence-electron chi connectivity index (χ4n) is 2.76. The zero-order chi connectivity index (χ0) is 21.2. The highest BCUT2D eigenvalue weighted by atomic mass is 16.6. The molecule has 0 fully saturated rings. The Morgan fingerprint density at radius 2 is 1.93 bits per heavy atom. The first-order valence-corrected chi connectivity index (χ1v) is 9.41. The van der Waals surface area contributed by atoms with Crippen molar-refractivity contribution < 1.29 is 23.9 Å². The molecule has 0 aliphatic heterocycles. The lowest BCUT2D eigenvalue weighted by Gasteiger charge is -2.14. The lowest BCUT2D eigenvalue weighted by atomic mass is 10.1. The molecule has 0 bridgehead atoms. The molecule has 2 aromatic carbocycles. The van der Waals surface area contributed by atoms with Gasteiger partial charge in [0.1, 0.15) is 5.56 Å². The highest BCUT2D eigenvalue weighted by Crippen LogP contribution is 2.34. The van der Waals surface area contributed by atoms with E-state index in [0.717, 1.165) is 5.56 Å². The molecule has 8 nitrogen and oxygen atoms in total. The Kier molecular flexibility index (Phi) is 8.42. The third-order valence-corrected chi connectivity index (χ3v) is 4.27. The minimum absolute atomic E-state index is 0.0525. The van der Waals surface area contributed by atoms with Gasteiger partial charge in [-0.05, 0) is 25.8 Å². The highest BCUT2D eigenvalue weighted by molar-refractivity contribution is 5.99. The van der Waals surface area contributed by atoms with Crippen molar-refractivity contribution >= 4 is 11.6 Å². The maximum atomic E-state index is 12.5. The van der Waals surface area contributed by atoms with Crippen LogP contribution in [0.3, 0.4) is 0 Å². The standard InChI is InChI=1S/C21H26N2O6/c1-4-28-20-13-17(18(23(25)26)14-19(20)27-3)21(24)22-11-8-12-29-15(2)16-9-6-5-7-10-16/h5-7,9-10,13-15H,4,8,11-12H2,1-3H3,(H,22,24). The van der Waals surface area contributed by atoms with E-state index >= 15 is 0 Å². The van der Waals surface area contributed by atoms with E-state index in [1.807, 2.05) is 37.3 Å². The van der Waals surface area contributed by atoms with Gasteiger partial charge in [-0.15, -0.1) is 0 Å². The molecule has 8 heteroatoms. The molecule has 0 radical (unpaired) electrons. The van der Waals surface area contributed by atoms with Gasteiger partial charge in [0.2, 0.25) is 0 Å². The molecule has 0 aromatic heterocycles. The van der Waals surface area contributed by atoms with Gasteiger partial charge in [0.15, 0.2) is 11.5 Å². The number of nitrogens with one attached hydrogen (secondary N) is 1. The topological polar surface area (TPSA) is 99.9 Å². The first-order chi connectivity index (χ1) is 14.0. The molecule has 1 unspecified atom stereocenters. The number of ether oxygens (including phenoxy) is 3. The Bertz CT molecular complexity index is 825. The summed E-state index contributed by atoms with van der Waals surface area (Å²) in [6, 6.07) is 12.4. The van der Waals surface area contributed by atoms with Gasteiger partial charge in [-0.2, -0.15) is 0 Å². The summed E-state index contributed by atoms with van der Waals surface area (Å²) in [6.07, 6.45) is 0.522. The number of nitrogens with zero attached hydrogens (tertiary/aromatic N) is 1. The van der Waals surface area contributed by atoms with Crippen molar-refractivity contribution in [2.24, 2.45) is 0 Å². The van der Waals surface area contributed by atoms with Crippen LogP contribution in [0.4, 0.5) is 5.69 Å². The van der Waals surface area contributed by atoms with E-state index in [0.29, 0.717) is 26.2 Å². The number of amides is 1. The van der Waals surface area contributed by atoms with Crippen LogP contribution in [-0.2, 0) is 4.74 Å². The van der Waals surface area contributed by atoms with Crippen molar-refractivity contribution in [2.75, 3.05) is 26.9 Å². The summed E-state index contributed by atoms with van der Waals surface area (Å²) in [5.74, 6) is -0.0550. The molecule has 2 aromatic rings. The first-order valence-electron chi connectivity index (χ1n) is 9.41. The van der Waals surface area contributed by atoms with Gasteiger partial charge in [0.05, 0.1) is 30.8 Å². The van der Waals surface area contributed by atoms with Crippen LogP contribution in [-0.4, -0.2) is 37.7 Å². The number of carbonyl (C=O) groups excluding carboxylic acids is 1. The van der Waals surface area contributed by atoms with E-state index < -0.39 is 10.8 Å². The van der Waals surface area contributed by atoms with Crippen molar-refractivity contribution in [2.45, 2.75) is 26.4 Å². The van der Waals surface area contributed by atoms with Gasteiger partial charge >= 0.3 is 0 Å².